The molecule has 114 valence electrons. The van der Waals surface area contributed by atoms with Gasteiger partial charge in [0.2, 0.25) is 5.91 Å². The Balaban J connectivity index is 1.82. The standard InChI is InChI=1S/C14H17FNO4P/c15-10-3-1-9(2-4-10)11-7-8-16-12(11)5-6-13(14(16)17)21(18,19)20/h1-4,11-13H,5-8H2,(H2,18,19,20). The minimum atomic E-state index is -4.39. The van der Waals surface area contributed by atoms with Gasteiger partial charge in [0, 0.05) is 18.5 Å². The van der Waals surface area contributed by atoms with Gasteiger partial charge in [-0.05, 0) is 37.0 Å². The maximum Gasteiger partial charge on any atom is 0.337 e. The molecule has 0 aliphatic carbocycles. The van der Waals surface area contributed by atoms with E-state index in [2.05, 4.69) is 0 Å². The average molecular weight is 313 g/mol. The highest BCUT2D eigenvalue weighted by Gasteiger charge is 2.48. The van der Waals surface area contributed by atoms with E-state index in [9.17, 15) is 23.5 Å². The third kappa shape index (κ3) is 2.63. The summed E-state index contributed by atoms with van der Waals surface area (Å²) >= 11 is 0. The summed E-state index contributed by atoms with van der Waals surface area (Å²) in [7, 11) is -4.39. The molecule has 2 heterocycles. The summed E-state index contributed by atoms with van der Waals surface area (Å²) in [6.45, 7) is 0.502. The first kappa shape index (κ1) is 14.7. The van der Waals surface area contributed by atoms with Gasteiger partial charge in [-0.2, -0.15) is 0 Å². The number of benzene rings is 1. The van der Waals surface area contributed by atoms with E-state index >= 15 is 0 Å². The Labute approximate surface area is 121 Å². The molecule has 3 rings (SSSR count). The molecule has 1 aromatic rings. The second-order valence-corrected chi connectivity index (χ2v) is 7.53. The molecule has 0 aromatic heterocycles. The summed E-state index contributed by atoms with van der Waals surface area (Å²) in [4.78, 5) is 32.4. The third-order valence-corrected chi connectivity index (χ3v) is 5.85. The first-order valence-electron chi connectivity index (χ1n) is 6.99. The Morgan fingerprint density at radius 2 is 1.81 bits per heavy atom. The van der Waals surface area contributed by atoms with Crippen LogP contribution in [0.4, 0.5) is 4.39 Å². The monoisotopic (exact) mass is 313 g/mol. The number of carbonyl (C=O) groups is 1. The average Bonchev–Trinajstić information content (AvgIpc) is 2.83. The molecule has 2 aliphatic rings. The van der Waals surface area contributed by atoms with E-state index in [4.69, 9.17) is 0 Å². The van der Waals surface area contributed by atoms with E-state index in [-0.39, 0.29) is 24.2 Å². The summed E-state index contributed by atoms with van der Waals surface area (Å²) in [5.41, 5.74) is -0.216. The van der Waals surface area contributed by atoms with E-state index in [1.165, 1.54) is 12.1 Å². The summed E-state index contributed by atoms with van der Waals surface area (Å²) in [5, 5.41) is 0. The van der Waals surface area contributed by atoms with Gasteiger partial charge in [0.15, 0.2) is 0 Å². The van der Waals surface area contributed by atoms with Crippen LogP contribution in [0.2, 0.25) is 0 Å². The van der Waals surface area contributed by atoms with Crippen molar-refractivity contribution in [2.45, 2.75) is 36.9 Å². The highest BCUT2D eigenvalue weighted by Crippen LogP contribution is 2.50. The molecule has 1 aromatic carbocycles. The van der Waals surface area contributed by atoms with Crippen molar-refractivity contribution in [2.24, 2.45) is 0 Å². The maximum absolute atomic E-state index is 13.0. The lowest BCUT2D eigenvalue weighted by Gasteiger charge is -2.36. The zero-order valence-corrected chi connectivity index (χ0v) is 12.2. The molecule has 2 aliphatic heterocycles. The lowest BCUT2D eigenvalue weighted by atomic mass is 9.87. The number of carbonyl (C=O) groups excluding carboxylic acids is 1. The normalized spacial score (nSPS) is 29.6. The van der Waals surface area contributed by atoms with E-state index in [1.807, 2.05) is 0 Å². The molecule has 0 radical (unpaired) electrons. The van der Waals surface area contributed by atoms with Gasteiger partial charge in [-0.1, -0.05) is 12.1 Å². The van der Waals surface area contributed by atoms with Crippen molar-refractivity contribution < 1.29 is 23.5 Å². The highest BCUT2D eigenvalue weighted by molar-refractivity contribution is 7.53. The van der Waals surface area contributed by atoms with Gasteiger partial charge in [-0.25, -0.2) is 4.39 Å². The zero-order chi connectivity index (χ0) is 15.2. The molecule has 2 saturated heterocycles. The SMILES string of the molecule is O=C1C(P(=O)(O)O)CCC2C(c3ccc(F)cc3)CCN12. The van der Waals surface area contributed by atoms with E-state index in [1.54, 1.807) is 17.0 Å². The molecule has 2 fully saturated rings. The number of rotatable bonds is 2. The van der Waals surface area contributed by atoms with Crippen LogP contribution >= 0.6 is 7.60 Å². The van der Waals surface area contributed by atoms with E-state index in [0.717, 1.165) is 12.0 Å². The summed E-state index contributed by atoms with van der Waals surface area (Å²) < 4.78 is 24.4. The van der Waals surface area contributed by atoms with Crippen LogP contribution in [0.1, 0.15) is 30.7 Å². The molecule has 7 heteroatoms. The summed E-state index contributed by atoms with van der Waals surface area (Å²) in [6.07, 6.45) is 1.53. The number of hydrogen-bond donors (Lipinski definition) is 2. The van der Waals surface area contributed by atoms with Crippen LogP contribution in [0.5, 0.6) is 0 Å². The Morgan fingerprint density at radius 1 is 1.14 bits per heavy atom. The fourth-order valence-corrected chi connectivity index (χ4v) is 4.46. The first-order chi connectivity index (χ1) is 9.88. The van der Waals surface area contributed by atoms with Gasteiger partial charge in [0.1, 0.15) is 11.5 Å². The number of halogens is 1. The van der Waals surface area contributed by atoms with Gasteiger partial charge >= 0.3 is 7.60 Å². The molecule has 21 heavy (non-hydrogen) atoms. The number of amides is 1. The van der Waals surface area contributed by atoms with Crippen LogP contribution in [0.3, 0.4) is 0 Å². The number of fused-ring (bicyclic) bond motifs is 1. The van der Waals surface area contributed by atoms with Crippen molar-refractivity contribution in [1.29, 1.82) is 0 Å². The number of nitrogens with zero attached hydrogens (tertiary/aromatic N) is 1. The van der Waals surface area contributed by atoms with Crippen LogP contribution in [0, 0.1) is 5.82 Å². The summed E-state index contributed by atoms with van der Waals surface area (Å²) in [6, 6.07) is 6.22. The fraction of sp³-hybridized carbons (Fsp3) is 0.500. The lowest BCUT2D eigenvalue weighted by molar-refractivity contribution is -0.134. The largest absolute Gasteiger partial charge is 0.338 e. The molecular formula is C14H17FNO4P. The van der Waals surface area contributed by atoms with Gasteiger partial charge in [-0.15, -0.1) is 0 Å². The minimum absolute atomic E-state index is 0.0363. The zero-order valence-electron chi connectivity index (χ0n) is 11.4. The van der Waals surface area contributed by atoms with Gasteiger partial charge in [0.05, 0.1) is 0 Å². The molecule has 0 bridgehead atoms. The van der Waals surface area contributed by atoms with Gasteiger partial charge in [-0.3, -0.25) is 9.36 Å². The molecule has 0 saturated carbocycles. The van der Waals surface area contributed by atoms with Crippen LogP contribution in [-0.4, -0.2) is 38.8 Å². The second kappa shape index (κ2) is 5.20. The van der Waals surface area contributed by atoms with Gasteiger partial charge in [0.25, 0.3) is 0 Å². The van der Waals surface area contributed by atoms with Crippen LogP contribution in [0.15, 0.2) is 24.3 Å². The predicted molar refractivity (Wildman–Crippen MR) is 74.3 cm³/mol. The molecule has 3 atom stereocenters. The third-order valence-electron chi connectivity index (χ3n) is 4.55. The first-order valence-corrected chi connectivity index (χ1v) is 8.67. The number of piperidine rings is 1. The van der Waals surface area contributed by atoms with Crippen molar-refractivity contribution in [2.75, 3.05) is 6.54 Å². The summed E-state index contributed by atoms with van der Waals surface area (Å²) in [5.74, 6) is -0.619. The molecule has 2 N–H and O–H groups in total. The number of hydrogen-bond acceptors (Lipinski definition) is 2. The van der Waals surface area contributed by atoms with Crippen LogP contribution in [0.25, 0.3) is 0 Å². The maximum atomic E-state index is 13.0. The Bertz CT molecular complexity index is 599. The Hall–Kier alpha value is -1.23. The predicted octanol–water partition coefficient (Wildman–Crippen LogP) is 1.85. The minimum Gasteiger partial charge on any atom is -0.338 e. The molecule has 0 spiro atoms. The highest BCUT2D eigenvalue weighted by atomic mass is 31.2. The molecule has 1 amide bonds. The molecule has 3 unspecified atom stereocenters. The molecular weight excluding hydrogens is 296 g/mol. The van der Waals surface area contributed by atoms with E-state index in [0.29, 0.717) is 13.0 Å². The van der Waals surface area contributed by atoms with E-state index < -0.39 is 19.2 Å². The lowest BCUT2D eigenvalue weighted by Crippen LogP contribution is -2.47. The second-order valence-electron chi connectivity index (χ2n) is 5.73. The van der Waals surface area contributed by atoms with Crippen molar-refractivity contribution >= 4 is 13.5 Å². The quantitative estimate of drug-likeness (QED) is 0.817. The van der Waals surface area contributed by atoms with Crippen LogP contribution < -0.4 is 0 Å². The van der Waals surface area contributed by atoms with Crippen molar-refractivity contribution in [1.82, 2.24) is 4.90 Å². The fourth-order valence-electron chi connectivity index (χ4n) is 3.54. The van der Waals surface area contributed by atoms with Gasteiger partial charge < -0.3 is 14.7 Å². The van der Waals surface area contributed by atoms with Crippen molar-refractivity contribution in [3.05, 3.63) is 35.6 Å². The van der Waals surface area contributed by atoms with Crippen LogP contribution in [-0.2, 0) is 9.36 Å². The smallest absolute Gasteiger partial charge is 0.337 e. The Morgan fingerprint density at radius 3 is 2.43 bits per heavy atom. The topological polar surface area (TPSA) is 77.8 Å². The molecule has 5 nitrogen and oxygen atoms in total. The van der Waals surface area contributed by atoms with Crippen molar-refractivity contribution in [3.63, 3.8) is 0 Å². The Kier molecular flexibility index (Phi) is 3.64. The van der Waals surface area contributed by atoms with Crippen molar-refractivity contribution in [3.8, 4) is 0 Å².